The van der Waals surface area contributed by atoms with Crippen LogP contribution in [0.15, 0.2) is 24.3 Å². The molecule has 1 amide bonds. The predicted octanol–water partition coefficient (Wildman–Crippen LogP) is 3.59. The van der Waals surface area contributed by atoms with Crippen molar-refractivity contribution in [3.05, 3.63) is 29.8 Å². The maximum absolute atomic E-state index is 12.3. The van der Waals surface area contributed by atoms with E-state index < -0.39 is 5.54 Å². The van der Waals surface area contributed by atoms with E-state index in [4.69, 9.17) is 10.5 Å². The molecule has 5 heteroatoms. The van der Waals surface area contributed by atoms with E-state index in [0.717, 1.165) is 37.0 Å². The number of rotatable bonds is 6. The summed E-state index contributed by atoms with van der Waals surface area (Å²) >= 11 is 0. The zero-order chi connectivity index (χ0) is 16.2. The number of amides is 1. The molecule has 3 N–H and O–H groups in total. The van der Waals surface area contributed by atoms with Crippen molar-refractivity contribution in [3.8, 4) is 5.75 Å². The maximum atomic E-state index is 12.3. The molecule has 0 aromatic heterocycles. The molecule has 1 fully saturated rings. The minimum absolute atomic E-state index is 0. The molecule has 4 nitrogen and oxygen atoms in total. The molecule has 1 aromatic rings. The highest BCUT2D eigenvalue weighted by molar-refractivity contribution is 5.86. The van der Waals surface area contributed by atoms with Crippen LogP contribution in [-0.2, 0) is 4.79 Å². The molecule has 1 unspecified atom stereocenters. The van der Waals surface area contributed by atoms with Crippen molar-refractivity contribution in [3.63, 3.8) is 0 Å². The van der Waals surface area contributed by atoms with Crippen molar-refractivity contribution in [1.82, 2.24) is 5.32 Å². The van der Waals surface area contributed by atoms with Crippen LogP contribution in [-0.4, -0.2) is 18.1 Å². The third-order valence-electron chi connectivity index (χ3n) is 4.26. The Morgan fingerprint density at radius 1 is 1.22 bits per heavy atom. The molecule has 1 aromatic carbocycles. The van der Waals surface area contributed by atoms with Gasteiger partial charge in [0, 0.05) is 0 Å². The molecule has 0 bridgehead atoms. The zero-order valence-electron chi connectivity index (χ0n) is 14.3. The quantitative estimate of drug-likeness (QED) is 0.831. The van der Waals surface area contributed by atoms with Gasteiger partial charge in [-0.15, -0.1) is 12.4 Å². The molecule has 0 heterocycles. The summed E-state index contributed by atoms with van der Waals surface area (Å²) in [7, 11) is 0. The van der Waals surface area contributed by atoms with Crippen molar-refractivity contribution in [2.45, 2.75) is 58.0 Å². The lowest BCUT2D eigenvalue weighted by Crippen LogP contribution is -2.52. The molecule has 0 aliphatic heterocycles. The fourth-order valence-corrected chi connectivity index (χ4v) is 2.77. The molecule has 0 spiro atoms. The first-order valence-electron chi connectivity index (χ1n) is 8.23. The number of halogens is 1. The van der Waals surface area contributed by atoms with Crippen molar-refractivity contribution in [1.29, 1.82) is 0 Å². The predicted molar refractivity (Wildman–Crippen MR) is 96.0 cm³/mol. The van der Waals surface area contributed by atoms with Gasteiger partial charge in [0.15, 0.2) is 0 Å². The molecule has 0 radical (unpaired) electrons. The van der Waals surface area contributed by atoms with Crippen LogP contribution in [0.1, 0.15) is 58.1 Å². The largest absolute Gasteiger partial charge is 0.493 e. The molecule has 23 heavy (non-hydrogen) atoms. The summed E-state index contributed by atoms with van der Waals surface area (Å²) in [5.74, 6) is 1.34. The number of hydrogen-bond donors (Lipinski definition) is 2. The van der Waals surface area contributed by atoms with E-state index in [2.05, 4.69) is 19.2 Å². The molecular formula is C18H29ClN2O2. The number of hydrogen-bond acceptors (Lipinski definition) is 3. The number of nitrogens with one attached hydrogen (secondary N) is 1. The van der Waals surface area contributed by atoms with Crippen LogP contribution in [0.25, 0.3) is 0 Å². The van der Waals surface area contributed by atoms with Gasteiger partial charge in [-0.1, -0.05) is 38.8 Å². The molecule has 2 rings (SSSR count). The molecule has 1 aliphatic carbocycles. The van der Waals surface area contributed by atoms with Gasteiger partial charge in [-0.3, -0.25) is 4.79 Å². The monoisotopic (exact) mass is 340 g/mol. The van der Waals surface area contributed by atoms with E-state index in [1.54, 1.807) is 0 Å². The van der Waals surface area contributed by atoms with Crippen LogP contribution in [0.3, 0.4) is 0 Å². The summed E-state index contributed by atoms with van der Waals surface area (Å²) < 4.78 is 5.67. The van der Waals surface area contributed by atoms with E-state index in [1.807, 2.05) is 31.2 Å². The van der Waals surface area contributed by atoms with E-state index in [9.17, 15) is 4.79 Å². The number of carbonyl (C=O) groups excluding carboxylic acids is 1. The highest BCUT2D eigenvalue weighted by atomic mass is 35.5. The Kier molecular flexibility index (Phi) is 7.36. The van der Waals surface area contributed by atoms with Gasteiger partial charge in [0.1, 0.15) is 5.75 Å². The number of carbonyl (C=O) groups is 1. The summed E-state index contributed by atoms with van der Waals surface area (Å²) in [5.41, 5.74) is 6.58. The smallest absolute Gasteiger partial charge is 0.240 e. The summed E-state index contributed by atoms with van der Waals surface area (Å²) in [6.07, 6.45) is 3.65. The molecular weight excluding hydrogens is 312 g/mol. The van der Waals surface area contributed by atoms with Gasteiger partial charge >= 0.3 is 0 Å². The van der Waals surface area contributed by atoms with Gasteiger partial charge in [0.25, 0.3) is 0 Å². The lowest BCUT2D eigenvalue weighted by atomic mass is 9.97. The second-order valence-electron chi connectivity index (χ2n) is 6.83. The van der Waals surface area contributed by atoms with Crippen LogP contribution in [0.5, 0.6) is 5.75 Å². The fraction of sp³-hybridized carbons (Fsp3) is 0.611. The Hall–Kier alpha value is -1.26. The lowest BCUT2D eigenvalue weighted by Gasteiger charge is -2.25. The standard InChI is InChI=1S/C18H28N2O2.ClH/c1-13(2)12-22-16-8-6-15(7-9-16)14(3)20-17(21)18(19)10-4-5-11-18;/h6-9,13-14H,4-5,10-12,19H2,1-3H3,(H,20,21);1H. The topological polar surface area (TPSA) is 64.3 Å². The SMILES string of the molecule is CC(C)COc1ccc(C(C)NC(=O)C2(N)CCCC2)cc1.Cl. The Bertz CT molecular complexity index is 496. The maximum Gasteiger partial charge on any atom is 0.240 e. The highest BCUT2D eigenvalue weighted by Crippen LogP contribution is 2.28. The van der Waals surface area contributed by atoms with Crippen LogP contribution in [0.4, 0.5) is 0 Å². The fourth-order valence-electron chi connectivity index (χ4n) is 2.77. The summed E-state index contributed by atoms with van der Waals surface area (Å²) in [4.78, 5) is 12.3. The van der Waals surface area contributed by atoms with Crippen molar-refractivity contribution < 1.29 is 9.53 Å². The first-order valence-corrected chi connectivity index (χ1v) is 8.23. The van der Waals surface area contributed by atoms with Crippen molar-refractivity contribution in [2.75, 3.05) is 6.61 Å². The Morgan fingerprint density at radius 2 is 1.78 bits per heavy atom. The normalized spacial score (nSPS) is 17.4. The van der Waals surface area contributed by atoms with Gasteiger partial charge in [0.2, 0.25) is 5.91 Å². The van der Waals surface area contributed by atoms with E-state index in [0.29, 0.717) is 12.5 Å². The number of benzene rings is 1. The molecule has 1 aliphatic rings. The van der Waals surface area contributed by atoms with Crippen LogP contribution < -0.4 is 15.8 Å². The van der Waals surface area contributed by atoms with E-state index >= 15 is 0 Å². The van der Waals surface area contributed by atoms with Gasteiger partial charge in [-0.05, 0) is 43.4 Å². The van der Waals surface area contributed by atoms with E-state index in [1.165, 1.54) is 0 Å². The lowest BCUT2D eigenvalue weighted by molar-refractivity contribution is -0.126. The minimum atomic E-state index is -0.672. The summed E-state index contributed by atoms with van der Waals surface area (Å²) in [6.45, 7) is 6.94. The summed E-state index contributed by atoms with van der Waals surface area (Å²) in [6, 6.07) is 7.85. The first kappa shape index (κ1) is 19.8. The first-order chi connectivity index (χ1) is 10.4. The Morgan fingerprint density at radius 3 is 2.30 bits per heavy atom. The second-order valence-corrected chi connectivity index (χ2v) is 6.83. The third-order valence-corrected chi connectivity index (χ3v) is 4.26. The zero-order valence-corrected chi connectivity index (χ0v) is 15.1. The van der Waals surface area contributed by atoms with Crippen LogP contribution >= 0.6 is 12.4 Å². The van der Waals surface area contributed by atoms with Crippen LogP contribution in [0, 0.1) is 5.92 Å². The van der Waals surface area contributed by atoms with Gasteiger partial charge in [0.05, 0.1) is 18.2 Å². The summed E-state index contributed by atoms with van der Waals surface area (Å²) in [5, 5.41) is 3.04. The van der Waals surface area contributed by atoms with Gasteiger partial charge in [-0.2, -0.15) is 0 Å². The van der Waals surface area contributed by atoms with Crippen molar-refractivity contribution in [2.24, 2.45) is 11.7 Å². The Balaban J connectivity index is 0.00000264. The molecule has 130 valence electrons. The molecule has 0 saturated heterocycles. The minimum Gasteiger partial charge on any atom is -0.493 e. The number of nitrogens with two attached hydrogens (primary N) is 1. The third kappa shape index (κ3) is 5.40. The molecule has 1 atom stereocenters. The molecule has 1 saturated carbocycles. The Labute approximate surface area is 145 Å². The number of ether oxygens (including phenoxy) is 1. The van der Waals surface area contributed by atoms with Crippen LogP contribution in [0.2, 0.25) is 0 Å². The average molecular weight is 341 g/mol. The highest BCUT2D eigenvalue weighted by Gasteiger charge is 2.37. The van der Waals surface area contributed by atoms with Gasteiger partial charge < -0.3 is 15.8 Å². The van der Waals surface area contributed by atoms with E-state index in [-0.39, 0.29) is 24.4 Å². The van der Waals surface area contributed by atoms with Crippen molar-refractivity contribution >= 4 is 18.3 Å². The second kappa shape index (κ2) is 8.55. The average Bonchev–Trinajstić information content (AvgIpc) is 2.93. The van der Waals surface area contributed by atoms with Gasteiger partial charge in [-0.25, -0.2) is 0 Å².